The molecular weight excluding hydrogens is 196 g/mol. The number of morpholine rings is 1. The number of hydrogen-bond donors (Lipinski definition) is 1. The first kappa shape index (κ1) is 10.2. The quantitative estimate of drug-likeness (QED) is 0.775. The summed E-state index contributed by atoms with van der Waals surface area (Å²) in [5, 5.41) is 1.86. The number of rotatable bonds is 2. The molecule has 15 heavy (non-hydrogen) atoms. The first-order valence-corrected chi connectivity index (χ1v) is 4.95. The highest BCUT2D eigenvalue weighted by molar-refractivity contribution is 5.94. The zero-order valence-corrected chi connectivity index (χ0v) is 8.66. The molecule has 5 heteroatoms. The van der Waals surface area contributed by atoms with Gasteiger partial charge in [0.2, 0.25) is 0 Å². The number of aryl methyl sites for hydroxylation is 1. The number of hydrazine groups is 1. The predicted octanol–water partition coefficient (Wildman–Crippen LogP) is 0.565. The van der Waals surface area contributed by atoms with Crippen molar-refractivity contribution in [2.45, 2.75) is 6.92 Å². The van der Waals surface area contributed by atoms with Crippen molar-refractivity contribution in [3.05, 3.63) is 23.7 Å². The lowest BCUT2D eigenvalue weighted by atomic mass is 10.2. The van der Waals surface area contributed by atoms with Gasteiger partial charge in [0.1, 0.15) is 5.76 Å². The SMILES string of the molecule is Cc1occc1C(=O)NN1CCOCC1. The molecule has 2 heterocycles. The third-order valence-corrected chi connectivity index (χ3v) is 2.37. The lowest BCUT2D eigenvalue weighted by molar-refractivity contribution is 0.0126. The predicted molar refractivity (Wildman–Crippen MR) is 53.3 cm³/mol. The van der Waals surface area contributed by atoms with Crippen molar-refractivity contribution < 1.29 is 13.9 Å². The first-order valence-electron chi connectivity index (χ1n) is 4.95. The number of carbonyl (C=O) groups excluding carboxylic acids is 1. The van der Waals surface area contributed by atoms with Crippen LogP contribution in [-0.2, 0) is 4.74 Å². The molecule has 1 fully saturated rings. The van der Waals surface area contributed by atoms with Crippen molar-refractivity contribution >= 4 is 5.91 Å². The second kappa shape index (κ2) is 4.46. The Morgan fingerprint density at radius 2 is 2.20 bits per heavy atom. The molecule has 0 aliphatic carbocycles. The standard InChI is InChI=1S/C10H14N2O3/c1-8-9(2-5-15-8)10(13)11-12-3-6-14-7-4-12/h2,5H,3-4,6-7H2,1H3,(H,11,13). The Morgan fingerprint density at radius 3 is 2.80 bits per heavy atom. The van der Waals surface area contributed by atoms with Crippen LogP contribution in [0.2, 0.25) is 0 Å². The zero-order valence-electron chi connectivity index (χ0n) is 8.66. The molecule has 0 unspecified atom stereocenters. The molecule has 5 nitrogen and oxygen atoms in total. The zero-order chi connectivity index (χ0) is 10.7. The summed E-state index contributed by atoms with van der Waals surface area (Å²) in [4.78, 5) is 11.7. The highest BCUT2D eigenvalue weighted by Crippen LogP contribution is 2.08. The molecule has 0 aromatic carbocycles. The molecular formula is C10H14N2O3. The molecule has 1 amide bonds. The van der Waals surface area contributed by atoms with Gasteiger partial charge in [-0.05, 0) is 13.0 Å². The van der Waals surface area contributed by atoms with E-state index >= 15 is 0 Å². The Labute approximate surface area is 88.0 Å². The van der Waals surface area contributed by atoms with Gasteiger partial charge in [0.15, 0.2) is 0 Å². The molecule has 1 aromatic rings. The molecule has 2 rings (SSSR count). The van der Waals surface area contributed by atoms with Crippen LogP contribution in [0.3, 0.4) is 0 Å². The van der Waals surface area contributed by atoms with E-state index in [4.69, 9.17) is 9.15 Å². The summed E-state index contributed by atoms with van der Waals surface area (Å²) in [6, 6.07) is 1.67. The monoisotopic (exact) mass is 210 g/mol. The van der Waals surface area contributed by atoms with E-state index in [0.29, 0.717) is 24.5 Å². The molecule has 1 N–H and O–H groups in total. The van der Waals surface area contributed by atoms with Gasteiger partial charge in [-0.1, -0.05) is 0 Å². The third kappa shape index (κ3) is 2.37. The van der Waals surface area contributed by atoms with Gasteiger partial charge in [-0.3, -0.25) is 10.2 Å². The fourth-order valence-corrected chi connectivity index (χ4v) is 1.50. The summed E-state index contributed by atoms with van der Waals surface area (Å²) < 4.78 is 10.3. The maximum Gasteiger partial charge on any atom is 0.269 e. The lowest BCUT2D eigenvalue weighted by Crippen LogP contribution is -2.48. The van der Waals surface area contributed by atoms with E-state index < -0.39 is 0 Å². The van der Waals surface area contributed by atoms with E-state index in [1.807, 2.05) is 5.01 Å². The van der Waals surface area contributed by atoms with Crippen LogP contribution in [0.15, 0.2) is 16.7 Å². The summed E-state index contributed by atoms with van der Waals surface area (Å²) in [6.45, 7) is 4.54. The van der Waals surface area contributed by atoms with Gasteiger partial charge in [-0.25, -0.2) is 5.01 Å². The van der Waals surface area contributed by atoms with Gasteiger partial charge in [-0.15, -0.1) is 0 Å². The van der Waals surface area contributed by atoms with Crippen LogP contribution in [0.25, 0.3) is 0 Å². The van der Waals surface area contributed by atoms with Crippen molar-refractivity contribution in [3.63, 3.8) is 0 Å². The summed E-state index contributed by atoms with van der Waals surface area (Å²) in [5.41, 5.74) is 3.40. The molecule has 0 radical (unpaired) electrons. The van der Waals surface area contributed by atoms with E-state index in [1.54, 1.807) is 13.0 Å². The van der Waals surface area contributed by atoms with Crippen molar-refractivity contribution in [3.8, 4) is 0 Å². The molecule has 0 saturated carbocycles. The number of furan rings is 1. The highest BCUT2D eigenvalue weighted by Gasteiger charge is 2.16. The van der Waals surface area contributed by atoms with Gasteiger partial charge in [0.05, 0.1) is 25.0 Å². The molecule has 0 spiro atoms. The molecule has 1 aliphatic rings. The van der Waals surface area contributed by atoms with E-state index in [9.17, 15) is 4.79 Å². The van der Waals surface area contributed by atoms with Crippen LogP contribution in [0.1, 0.15) is 16.1 Å². The lowest BCUT2D eigenvalue weighted by Gasteiger charge is -2.26. The summed E-state index contributed by atoms with van der Waals surface area (Å²) >= 11 is 0. The van der Waals surface area contributed by atoms with Crippen molar-refractivity contribution in [1.29, 1.82) is 0 Å². The van der Waals surface area contributed by atoms with Crippen LogP contribution in [0, 0.1) is 6.92 Å². The second-order valence-corrected chi connectivity index (χ2v) is 3.43. The summed E-state index contributed by atoms with van der Waals surface area (Å²) in [6.07, 6.45) is 1.52. The normalized spacial score (nSPS) is 17.7. The Hall–Kier alpha value is -1.33. The Bertz CT molecular complexity index is 342. The Kier molecular flexibility index (Phi) is 3.03. The number of amides is 1. The molecule has 0 bridgehead atoms. The van der Waals surface area contributed by atoms with E-state index in [0.717, 1.165) is 13.1 Å². The maximum atomic E-state index is 11.7. The molecule has 0 atom stereocenters. The van der Waals surface area contributed by atoms with Gasteiger partial charge in [0.25, 0.3) is 5.91 Å². The van der Waals surface area contributed by atoms with Crippen molar-refractivity contribution in [2.24, 2.45) is 0 Å². The van der Waals surface area contributed by atoms with Crippen LogP contribution in [0.5, 0.6) is 0 Å². The fraction of sp³-hybridized carbons (Fsp3) is 0.500. The van der Waals surface area contributed by atoms with Crippen molar-refractivity contribution in [1.82, 2.24) is 10.4 Å². The largest absolute Gasteiger partial charge is 0.469 e. The molecule has 1 aromatic heterocycles. The van der Waals surface area contributed by atoms with E-state index in [1.165, 1.54) is 6.26 Å². The summed E-state index contributed by atoms with van der Waals surface area (Å²) in [7, 11) is 0. The van der Waals surface area contributed by atoms with Gasteiger partial charge in [-0.2, -0.15) is 0 Å². The molecule has 82 valence electrons. The van der Waals surface area contributed by atoms with E-state index in [2.05, 4.69) is 5.43 Å². The third-order valence-electron chi connectivity index (χ3n) is 2.37. The second-order valence-electron chi connectivity index (χ2n) is 3.43. The molecule has 1 saturated heterocycles. The number of ether oxygens (including phenoxy) is 1. The number of nitrogens with zero attached hydrogens (tertiary/aromatic N) is 1. The van der Waals surface area contributed by atoms with Gasteiger partial charge >= 0.3 is 0 Å². The minimum Gasteiger partial charge on any atom is -0.469 e. The highest BCUT2D eigenvalue weighted by atomic mass is 16.5. The van der Waals surface area contributed by atoms with Crippen LogP contribution in [0.4, 0.5) is 0 Å². The van der Waals surface area contributed by atoms with Crippen molar-refractivity contribution in [2.75, 3.05) is 26.3 Å². The minimum atomic E-state index is -0.122. The molecule has 1 aliphatic heterocycles. The van der Waals surface area contributed by atoms with Crippen LogP contribution >= 0.6 is 0 Å². The van der Waals surface area contributed by atoms with Crippen LogP contribution in [-0.4, -0.2) is 37.2 Å². The van der Waals surface area contributed by atoms with E-state index in [-0.39, 0.29) is 5.91 Å². The fourth-order valence-electron chi connectivity index (χ4n) is 1.50. The summed E-state index contributed by atoms with van der Waals surface area (Å²) in [5.74, 6) is 0.518. The number of carbonyl (C=O) groups is 1. The number of nitrogens with one attached hydrogen (secondary N) is 1. The number of hydrogen-bond acceptors (Lipinski definition) is 4. The Morgan fingerprint density at radius 1 is 1.47 bits per heavy atom. The average Bonchev–Trinajstić information content (AvgIpc) is 2.66. The smallest absolute Gasteiger partial charge is 0.269 e. The Balaban J connectivity index is 1.94. The minimum absolute atomic E-state index is 0.122. The first-order chi connectivity index (χ1) is 7.27. The van der Waals surface area contributed by atoms with Crippen LogP contribution < -0.4 is 5.43 Å². The maximum absolute atomic E-state index is 11.7. The topological polar surface area (TPSA) is 54.7 Å². The van der Waals surface area contributed by atoms with Gasteiger partial charge in [0, 0.05) is 13.1 Å². The van der Waals surface area contributed by atoms with Gasteiger partial charge < -0.3 is 9.15 Å². The average molecular weight is 210 g/mol.